The summed E-state index contributed by atoms with van der Waals surface area (Å²) in [6, 6.07) is 60.2. The van der Waals surface area contributed by atoms with E-state index in [2.05, 4.69) is 161 Å². The maximum Gasteiger partial charge on any atom is 0.0991 e. The van der Waals surface area contributed by atoms with Crippen LogP contribution in [-0.2, 0) is 0 Å². The molecule has 0 saturated heterocycles. The minimum Gasteiger partial charge on any atom is -0.309 e. The predicted octanol–water partition coefficient (Wildman–Crippen LogP) is 11.1. The predicted molar refractivity (Wildman–Crippen MR) is 191 cm³/mol. The number of benzene rings is 7. The maximum absolute atomic E-state index is 9.48. The van der Waals surface area contributed by atoms with Gasteiger partial charge in [0.2, 0.25) is 0 Å². The monoisotopic (exact) mass is 585 g/mol. The summed E-state index contributed by atoms with van der Waals surface area (Å²) in [5, 5.41) is 14.4. The van der Waals surface area contributed by atoms with Crippen LogP contribution in [0.2, 0.25) is 0 Å². The summed E-state index contributed by atoms with van der Waals surface area (Å²) >= 11 is 0. The van der Waals surface area contributed by atoms with Gasteiger partial charge in [-0.1, -0.05) is 103 Å². The van der Waals surface area contributed by atoms with Gasteiger partial charge < -0.3 is 9.13 Å². The first-order valence-corrected chi connectivity index (χ1v) is 15.5. The summed E-state index contributed by atoms with van der Waals surface area (Å²) in [6.45, 7) is 0. The summed E-state index contributed by atoms with van der Waals surface area (Å²) in [5.74, 6) is 0. The summed E-state index contributed by atoms with van der Waals surface area (Å²) in [6.07, 6.45) is 0. The average Bonchev–Trinajstić information content (AvgIpc) is 3.65. The Hall–Kier alpha value is -6.37. The normalized spacial score (nSPS) is 11.5. The van der Waals surface area contributed by atoms with Crippen molar-refractivity contribution >= 4 is 43.6 Å². The fourth-order valence-corrected chi connectivity index (χ4v) is 7.14. The topological polar surface area (TPSA) is 33.6 Å². The fourth-order valence-electron chi connectivity index (χ4n) is 7.14. The standard InChI is InChI=1S/C43H27N3/c44-28-29-11-7-12-30(25-29)31-13-8-15-33(26-31)46-41-23-6-3-19-38(41)43-35(20-10-24-42(43)46)32-14-9-16-34(27-32)45-39-21-4-1-17-36(39)37-18-2-5-22-40(37)45/h1-27H. The average molecular weight is 586 g/mol. The molecule has 7 aromatic carbocycles. The number of nitrogens with zero attached hydrogens (tertiary/aromatic N) is 3. The zero-order valence-electron chi connectivity index (χ0n) is 24.9. The van der Waals surface area contributed by atoms with Crippen LogP contribution in [0.1, 0.15) is 5.56 Å². The third-order valence-corrected chi connectivity index (χ3v) is 9.12. The largest absolute Gasteiger partial charge is 0.309 e. The van der Waals surface area contributed by atoms with E-state index in [0.29, 0.717) is 5.56 Å². The molecule has 0 atom stereocenters. The van der Waals surface area contributed by atoms with Crippen molar-refractivity contribution < 1.29 is 0 Å². The smallest absolute Gasteiger partial charge is 0.0991 e. The number of para-hydroxylation sites is 3. The molecule has 0 spiro atoms. The van der Waals surface area contributed by atoms with Crippen LogP contribution in [0.3, 0.4) is 0 Å². The van der Waals surface area contributed by atoms with E-state index in [0.717, 1.165) is 33.5 Å². The summed E-state index contributed by atoms with van der Waals surface area (Å²) in [5.41, 5.74) is 12.1. The van der Waals surface area contributed by atoms with E-state index in [1.165, 1.54) is 43.7 Å². The van der Waals surface area contributed by atoms with Gasteiger partial charge in [-0.25, -0.2) is 0 Å². The van der Waals surface area contributed by atoms with Crippen molar-refractivity contribution in [1.82, 2.24) is 9.13 Å². The van der Waals surface area contributed by atoms with Crippen LogP contribution in [0.4, 0.5) is 0 Å². The molecule has 2 heterocycles. The first-order chi connectivity index (χ1) is 22.8. The SMILES string of the molecule is N#Cc1cccc(-c2cccc(-n3c4ccccc4c4c(-c5cccc(-n6c7ccccc7c7ccccc76)c5)cccc43)c2)c1. The molecule has 0 aliphatic carbocycles. The first kappa shape index (κ1) is 26.1. The summed E-state index contributed by atoms with van der Waals surface area (Å²) in [7, 11) is 0. The molecule has 9 rings (SSSR count). The molecule has 0 aliphatic heterocycles. The van der Waals surface area contributed by atoms with E-state index in [-0.39, 0.29) is 0 Å². The Bertz CT molecular complexity index is 2610. The lowest BCUT2D eigenvalue weighted by molar-refractivity contribution is 1.18. The van der Waals surface area contributed by atoms with Crippen molar-refractivity contribution in [3.8, 4) is 39.7 Å². The highest BCUT2D eigenvalue weighted by Crippen LogP contribution is 2.40. The molecule has 3 heteroatoms. The highest BCUT2D eigenvalue weighted by Gasteiger charge is 2.18. The van der Waals surface area contributed by atoms with Crippen LogP contribution in [0.15, 0.2) is 164 Å². The Balaban J connectivity index is 1.26. The molecular weight excluding hydrogens is 558 g/mol. The first-order valence-electron chi connectivity index (χ1n) is 15.5. The second kappa shape index (κ2) is 10.4. The summed E-state index contributed by atoms with van der Waals surface area (Å²) in [4.78, 5) is 0. The molecule has 0 bridgehead atoms. The number of nitriles is 1. The van der Waals surface area contributed by atoms with Gasteiger partial charge in [0.1, 0.15) is 0 Å². The molecule has 214 valence electrons. The Kier molecular flexibility index (Phi) is 5.88. The van der Waals surface area contributed by atoms with Gasteiger partial charge in [0.25, 0.3) is 0 Å². The molecule has 0 N–H and O–H groups in total. The van der Waals surface area contributed by atoms with E-state index in [9.17, 15) is 5.26 Å². The number of rotatable bonds is 4. The molecule has 0 fully saturated rings. The van der Waals surface area contributed by atoms with Crippen LogP contribution in [0, 0.1) is 11.3 Å². The van der Waals surface area contributed by atoms with Gasteiger partial charge in [-0.15, -0.1) is 0 Å². The van der Waals surface area contributed by atoms with Crippen LogP contribution in [0.5, 0.6) is 0 Å². The quantitative estimate of drug-likeness (QED) is 0.202. The molecule has 0 aliphatic rings. The minimum atomic E-state index is 0.660. The van der Waals surface area contributed by atoms with Crippen LogP contribution < -0.4 is 0 Å². The van der Waals surface area contributed by atoms with E-state index in [1.807, 2.05) is 18.2 Å². The van der Waals surface area contributed by atoms with Gasteiger partial charge in [-0.2, -0.15) is 5.26 Å². The van der Waals surface area contributed by atoms with Crippen molar-refractivity contribution in [3.63, 3.8) is 0 Å². The Morgan fingerprint density at radius 3 is 1.54 bits per heavy atom. The molecule has 0 unspecified atom stereocenters. The van der Waals surface area contributed by atoms with Crippen LogP contribution in [-0.4, -0.2) is 9.13 Å². The zero-order chi connectivity index (χ0) is 30.6. The van der Waals surface area contributed by atoms with E-state index in [4.69, 9.17) is 0 Å². The molecule has 0 amide bonds. The Morgan fingerprint density at radius 1 is 0.391 bits per heavy atom. The second-order valence-electron chi connectivity index (χ2n) is 11.7. The van der Waals surface area contributed by atoms with Crippen LogP contribution >= 0.6 is 0 Å². The van der Waals surface area contributed by atoms with E-state index >= 15 is 0 Å². The Labute approximate surface area is 266 Å². The lowest BCUT2D eigenvalue weighted by atomic mass is 9.99. The fraction of sp³-hybridized carbons (Fsp3) is 0. The van der Waals surface area contributed by atoms with Gasteiger partial charge in [-0.3, -0.25) is 0 Å². The van der Waals surface area contributed by atoms with E-state index in [1.54, 1.807) is 0 Å². The second-order valence-corrected chi connectivity index (χ2v) is 11.7. The van der Waals surface area contributed by atoms with Crippen molar-refractivity contribution in [1.29, 1.82) is 5.26 Å². The lowest BCUT2D eigenvalue weighted by Gasteiger charge is -2.12. The number of aromatic nitrogens is 2. The van der Waals surface area contributed by atoms with Gasteiger partial charge >= 0.3 is 0 Å². The number of hydrogen-bond donors (Lipinski definition) is 0. The van der Waals surface area contributed by atoms with Crippen molar-refractivity contribution in [2.24, 2.45) is 0 Å². The van der Waals surface area contributed by atoms with Crippen LogP contribution in [0.25, 0.3) is 77.2 Å². The van der Waals surface area contributed by atoms with E-state index < -0.39 is 0 Å². The molecule has 46 heavy (non-hydrogen) atoms. The van der Waals surface area contributed by atoms with Crippen molar-refractivity contribution in [2.45, 2.75) is 0 Å². The molecule has 2 aromatic heterocycles. The Morgan fingerprint density at radius 2 is 0.870 bits per heavy atom. The van der Waals surface area contributed by atoms with Gasteiger partial charge in [-0.05, 0) is 82.9 Å². The maximum atomic E-state index is 9.48. The van der Waals surface area contributed by atoms with Gasteiger partial charge in [0.15, 0.2) is 0 Å². The van der Waals surface area contributed by atoms with Gasteiger partial charge in [0, 0.05) is 32.9 Å². The molecule has 0 saturated carbocycles. The van der Waals surface area contributed by atoms with Crippen molar-refractivity contribution in [3.05, 3.63) is 169 Å². The molecule has 3 nitrogen and oxygen atoms in total. The third-order valence-electron chi connectivity index (χ3n) is 9.12. The molecule has 9 aromatic rings. The third kappa shape index (κ3) is 3.98. The summed E-state index contributed by atoms with van der Waals surface area (Å²) < 4.78 is 4.74. The lowest BCUT2D eigenvalue weighted by Crippen LogP contribution is -1.95. The highest BCUT2D eigenvalue weighted by atomic mass is 15.0. The molecular formula is C43H27N3. The number of fused-ring (bicyclic) bond motifs is 6. The molecule has 0 radical (unpaired) electrons. The zero-order valence-corrected chi connectivity index (χ0v) is 24.9. The minimum absolute atomic E-state index is 0.660. The number of hydrogen-bond acceptors (Lipinski definition) is 1. The van der Waals surface area contributed by atoms with Gasteiger partial charge in [0.05, 0.1) is 33.7 Å². The van der Waals surface area contributed by atoms with Crippen molar-refractivity contribution in [2.75, 3.05) is 0 Å². The highest BCUT2D eigenvalue weighted by molar-refractivity contribution is 6.16.